The van der Waals surface area contributed by atoms with Gasteiger partial charge in [0.1, 0.15) is 0 Å². The Hall–Kier alpha value is -2.25. The largest absolute Gasteiger partial charge is 0.493 e. The summed E-state index contributed by atoms with van der Waals surface area (Å²) in [5.41, 5.74) is 2.79. The van der Waals surface area contributed by atoms with Gasteiger partial charge >= 0.3 is 0 Å². The molecular formula is C19H20N2O3S2. The van der Waals surface area contributed by atoms with Crippen LogP contribution in [0.1, 0.15) is 12.0 Å². The van der Waals surface area contributed by atoms with Gasteiger partial charge in [0, 0.05) is 12.1 Å². The fourth-order valence-electron chi connectivity index (χ4n) is 2.59. The molecule has 1 N–H and O–H groups in total. The number of rotatable bonds is 7. The van der Waals surface area contributed by atoms with Crippen LogP contribution in [0.4, 0.5) is 5.69 Å². The minimum Gasteiger partial charge on any atom is -0.493 e. The Labute approximate surface area is 160 Å². The summed E-state index contributed by atoms with van der Waals surface area (Å²) in [5.74, 6) is 1.34. The van der Waals surface area contributed by atoms with Crippen LogP contribution >= 0.6 is 23.1 Å². The van der Waals surface area contributed by atoms with Crippen molar-refractivity contribution in [3.63, 3.8) is 0 Å². The van der Waals surface area contributed by atoms with Gasteiger partial charge in [-0.05, 0) is 48.6 Å². The third-order valence-electron chi connectivity index (χ3n) is 3.92. The number of nitrogens with one attached hydrogen (secondary N) is 1. The Kier molecular flexibility index (Phi) is 6.00. The van der Waals surface area contributed by atoms with Crippen molar-refractivity contribution in [2.75, 3.05) is 25.8 Å². The number of thiazole rings is 1. The Balaban J connectivity index is 1.62. The Bertz CT molecular complexity index is 924. The Morgan fingerprint density at radius 2 is 1.96 bits per heavy atom. The highest BCUT2D eigenvalue weighted by molar-refractivity contribution is 8.00. The van der Waals surface area contributed by atoms with Gasteiger partial charge in [-0.2, -0.15) is 0 Å². The average Bonchev–Trinajstić information content (AvgIpc) is 3.08. The summed E-state index contributed by atoms with van der Waals surface area (Å²) in [6.45, 7) is 0. The first-order valence-corrected chi connectivity index (χ1v) is 10.1. The molecule has 7 heteroatoms. The molecule has 3 rings (SSSR count). The highest BCUT2D eigenvalue weighted by Gasteiger charge is 2.09. The number of hydrogen-bond donors (Lipinski definition) is 1. The second-order valence-electron chi connectivity index (χ2n) is 5.60. The van der Waals surface area contributed by atoms with Crippen LogP contribution in [0.15, 0.2) is 40.7 Å². The molecule has 26 heavy (non-hydrogen) atoms. The number of ether oxygens (including phenoxy) is 2. The van der Waals surface area contributed by atoms with Gasteiger partial charge in [0.2, 0.25) is 5.91 Å². The maximum atomic E-state index is 12.3. The minimum absolute atomic E-state index is 0.0197. The molecule has 136 valence electrons. The van der Waals surface area contributed by atoms with Gasteiger partial charge in [-0.3, -0.25) is 4.79 Å². The molecule has 3 aromatic rings. The van der Waals surface area contributed by atoms with E-state index in [-0.39, 0.29) is 5.91 Å². The molecule has 1 heterocycles. The SMILES string of the molecule is COc1ccc(CCC(=O)Nc2ccc3nc(SC)sc3c2)cc1OC. The molecule has 1 amide bonds. The first-order valence-electron chi connectivity index (χ1n) is 8.08. The number of anilines is 1. The zero-order valence-corrected chi connectivity index (χ0v) is 16.5. The number of aryl methyl sites for hydroxylation is 1. The summed E-state index contributed by atoms with van der Waals surface area (Å²) in [6, 6.07) is 11.5. The van der Waals surface area contributed by atoms with E-state index >= 15 is 0 Å². The lowest BCUT2D eigenvalue weighted by Crippen LogP contribution is -2.12. The van der Waals surface area contributed by atoms with Crippen LogP contribution in [0.2, 0.25) is 0 Å². The van der Waals surface area contributed by atoms with E-state index in [1.165, 1.54) is 0 Å². The van der Waals surface area contributed by atoms with Crippen molar-refractivity contribution < 1.29 is 14.3 Å². The molecule has 0 atom stereocenters. The summed E-state index contributed by atoms with van der Waals surface area (Å²) < 4.78 is 12.6. The van der Waals surface area contributed by atoms with E-state index < -0.39 is 0 Å². The topological polar surface area (TPSA) is 60.5 Å². The van der Waals surface area contributed by atoms with Crippen LogP contribution in [-0.4, -0.2) is 31.4 Å². The van der Waals surface area contributed by atoms with Gasteiger partial charge in [0.05, 0.1) is 24.4 Å². The third kappa shape index (κ3) is 4.28. The van der Waals surface area contributed by atoms with Crippen molar-refractivity contribution in [2.45, 2.75) is 17.2 Å². The lowest BCUT2D eigenvalue weighted by Gasteiger charge is -2.10. The van der Waals surface area contributed by atoms with Gasteiger partial charge in [0.25, 0.3) is 0 Å². The van der Waals surface area contributed by atoms with E-state index in [0.29, 0.717) is 24.3 Å². The average molecular weight is 389 g/mol. The number of fused-ring (bicyclic) bond motifs is 1. The Morgan fingerprint density at radius 3 is 2.69 bits per heavy atom. The maximum absolute atomic E-state index is 12.3. The van der Waals surface area contributed by atoms with E-state index in [1.807, 2.05) is 42.7 Å². The number of hydrogen-bond acceptors (Lipinski definition) is 6. The molecule has 0 aliphatic rings. The molecular weight excluding hydrogens is 368 g/mol. The van der Waals surface area contributed by atoms with E-state index in [2.05, 4.69) is 10.3 Å². The maximum Gasteiger partial charge on any atom is 0.224 e. The summed E-state index contributed by atoms with van der Waals surface area (Å²) in [4.78, 5) is 16.8. The molecule has 1 aromatic heterocycles. The zero-order chi connectivity index (χ0) is 18.5. The molecule has 0 aliphatic carbocycles. The van der Waals surface area contributed by atoms with E-state index in [0.717, 1.165) is 25.8 Å². The first-order chi connectivity index (χ1) is 12.6. The number of benzene rings is 2. The predicted molar refractivity (Wildman–Crippen MR) is 108 cm³/mol. The zero-order valence-electron chi connectivity index (χ0n) is 14.9. The Morgan fingerprint density at radius 1 is 1.15 bits per heavy atom. The second-order valence-corrected chi connectivity index (χ2v) is 7.69. The number of carbonyl (C=O) groups is 1. The van der Waals surface area contributed by atoms with Crippen LogP contribution in [0.25, 0.3) is 10.2 Å². The van der Waals surface area contributed by atoms with Gasteiger partial charge in [-0.1, -0.05) is 17.8 Å². The number of carbonyl (C=O) groups excluding carboxylic acids is 1. The van der Waals surface area contributed by atoms with Crippen molar-refractivity contribution in [1.29, 1.82) is 0 Å². The van der Waals surface area contributed by atoms with Gasteiger partial charge in [0.15, 0.2) is 15.8 Å². The molecule has 0 radical (unpaired) electrons. The minimum atomic E-state index is -0.0197. The van der Waals surface area contributed by atoms with Crippen LogP contribution in [0.5, 0.6) is 11.5 Å². The van der Waals surface area contributed by atoms with Gasteiger partial charge in [-0.15, -0.1) is 11.3 Å². The third-order valence-corrected chi connectivity index (χ3v) is 5.92. The van der Waals surface area contributed by atoms with Crippen LogP contribution in [0.3, 0.4) is 0 Å². The molecule has 2 aromatic carbocycles. The normalized spacial score (nSPS) is 10.7. The number of methoxy groups -OCH3 is 2. The highest BCUT2D eigenvalue weighted by atomic mass is 32.2. The fraction of sp³-hybridized carbons (Fsp3) is 0.263. The molecule has 0 spiro atoms. The monoisotopic (exact) mass is 388 g/mol. The van der Waals surface area contributed by atoms with Crippen LogP contribution in [0, 0.1) is 0 Å². The molecule has 0 saturated heterocycles. The number of thioether (sulfide) groups is 1. The summed E-state index contributed by atoms with van der Waals surface area (Å²) in [5, 5.41) is 2.96. The van der Waals surface area contributed by atoms with Gasteiger partial charge < -0.3 is 14.8 Å². The molecule has 5 nitrogen and oxygen atoms in total. The molecule has 0 unspecified atom stereocenters. The van der Waals surface area contributed by atoms with Crippen molar-refractivity contribution in [3.05, 3.63) is 42.0 Å². The van der Waals surface area contributed by atoms with Crippen molar-refractivity contribution in [2.24, 2.45) is 0 Å². The standard InChI is InChI=1S/C19H20N2O3S2/c1-23-15-8-4-12(10-16(15)24-2)5-9-18(22)20-13-6-7-14-17(11-13)26-19(21-14)25-3/h4,6-8,10-11H,5,9H2,1-3H3,(H,20,22). The van der Waals surface area contributed by atoms with Crippen molar-refractivity contribution in [1.82, 2.24) is 4.98 Å². The van der Waals surface area contributed by atoms with E-state index in [4.69, 9.17) is 9.47 Å². The molecule has 0 bridgehead atoms. The van der Waals surface area contributed by atoms with Crippen molar-refractivity contribution >= 4 is 44.9 Å². The lowest BCUT2D eigenvalue weighted by molar-refractivity contribution is -0.116. The summed E-state index contributed by atoms with van der Waals surface area (Å²) in [7, 11) is 3.21. The van der Waals surface area contributed by atoms with E-state index in [9.17, 15) is 4.79 Å². The van der Waals surface area contributed by atoms with E-state index in [1.54, 1.807) is 37.3 Å². The first kappa shape index (κ1) is 18.5. The summed E-state index contributed by atoms with van der Waals surface area (Å²) in [6.07, 6.45) is 3.03. The van der Waals surface area contributed by atoms with Crippen LogP contribution < -0.4 is 14.8 Å². The smallest absolute Gasteiger partial charge is 0.224 e. The molecule has 0 saturated carbocycles. The van der Waals surface area contributed by atoms with Crippen molar-refractivity contribution in [3.8, 4) is 11.5 Å². The highest BCUT2D eigenvalue weighted by Crippen LogP contribution is 2.30. The molecule has 0 fully saturated rings. The molecule has 0 aliphatic heterocycles. The number of nitrogens with zero attached hydrogens (tertiary/aromatic N) is 1. The number of amides is 1. The fourth-order valence-corrected chi connectivity index (χ4v) is 4.11. The predicted octanol–water partition coefficient (Wildman–Crippen LogP) is 4.61. The van der Waals surface area contributed by atoms with Crippen LogP contribution in [-0.2, 0) is 11.2 Å². The van der Waals surface area contributed by atoms with Gasteiger partial charge in [-0.25, -0.2) is 4.98 Å². The number of aromatic nitrogens is 1. The second kappa shape index (κ2) is 8.42. The summed E-state index contributed by atoms with van der Waals surface area (Å²) >= 11 is 3.26. The quantitative estimate of drug-likeness (QED) is 0.599. The lowest BCUT2D eigenvalue weighted by atomic mass is 10.1.